The minimum absolute atomic E-state index is 0.0221. The van der Waals surface area contributed by atoms with Crippen molar-refractivity contribution in [2.45, 2.75) is 11.1 Å². The van der Waals surface area contributed by atoms with Gasteiger partial charge in [0.05, 0.1) is 6.33 Å². The molecular formula is C12H21N5O3S. The number of carbonyl (C=O) groups is 1. The van der Waals surface area contributed by atoms with Crippen molar-refractivity contribution in [2.75, 3.05) is 40.8 Å². The number of piperazine rings is 1. The van der Waals surface area contributed by atoms with Crippen LogP contribution in [0, 0.1) is 0 Å². The average molecular weight is 315 g/mol. The van der Waals surface area contributed by atoms with Crippen molar-refractivity contribution in [1.29, 1.82) is 0 Å². The molecule has 1 aromatic heterocycles. The lowest BCUT2D eigenvalue weighted by atomic mass is 10.2. The topological polar surface area (TPSA) is 78.8 Å². The van der Waals surface area contributed by atoms with Gasteiger partial charge in [-0.05, 0) is 7.05 Å². The molecule has 8 nitrogen and oxygen atoms in total. The first-order valence-corrected chi connectivity index (χ1v) is 8.07. The fourth-order valence-corrected chi connectivity index (χ4v) is 3.87. The van der Waals surface area contributed by atoms with Crippen molar-refractivity contribution in [3.63, 3.8) is 0 Å². The number of amides is 1. The standard InChI is InChI=1S/C12H21N5O3S/c1-14(2)12(18)10-7-15(3)5-6-17(10)21(19,20)11-8-16(4)9-13-11/h8-10H,5-7H2,1-4H3. The normalized spacial score (nSPS) is 21.4. The quantitative estimate of drug-likeness (QED) is 0.701. The van der Waals surface area contributed by atoms with Crippen LogP contribution >= 0.6 is 0 Å². The van der Waals surface area contributed by atoms with E-state index < -0.39 is 16.1 Å². The zero-order valence-corrected chi connectivity index (χ0v) is 13.5. The van der Waals surface area contributed by atoms with Crippen molar-refractivity contribution >= 4 is 15.9 Å². The number of hydrogen-bond donors (Lipinski definition) is 0. The Morgan fingerprint density at radius 2 is 2.00 bits per heavy atom. The highest BCUT2D eigenvalue weighted by Crippen LogP contribution is 2.20. The Labute approximate surface area is 125 Å². The number of hydrogen-bond acceptors (Lipinski definition) is 5. The van der Waals surface area contributed by atoms with Gasteiger partial charge in [0.1, 0.15) is 6.04 Å². The Kier molecular flexibility index (Phi) is 4.35. The van der Waals surface area contributed by atoms with E-state index >= 15 is 0 Å². The third-order valence-electron chi connectivity index (χ3n) is 3.51. The van der Waals surface area contributed by atoms with Crippen molar-refractivity contribution in [3.05, 3.63) is 12.5 Å². The van der Waals surface area contributed by atoms with Crippen LogP contribution in [-0.4, -0.2) is 84.8 Å². The minimum Gasteiger partial charge on any atom is -0.347 e. The van der Waals surface area contributed by atoms with Crippen molar-refractivity contribution in [2.24, 2.45) is 7.05 Å². The molecule has 1 aromatic rings. The molecule has 1 saturated heterocycles. The van der Waals surface area contributed by atoms with Crippen LogP contribution in [0.25, 0.3) is 0 Å². The fourth-order valence-electron chi connectivity index (χ4n) is 2.33. The summed E-state index contributed by atoms with van der Waals surface area (Å²) in [6, 6.07) is -0.717. The van der Waals surface area contributed by atoms with Crippen LogP contribution in [-0.2, 0) is 21.9 Å². The van der Waals surface area contributed by atoms with Gasteiger partial charge in [-0.3, -0.25) is 4.79 Å². The molecule has 0 aromatic carbocycles. The third kappa shape index (κ3) is 3.09. The summed E-state index contributed by atoms with van der Waals surface area (Å²) in [6.07, 6.45) is 2.89. The van der Waals surface area contributed by atoms with Gasteiger partial charge in [-0.15, -0.1) is 0 Å². The molecule has 2 rings (SSSR count). The first-order chi connectivity index (χ1) is 9.73. The van der Waals surface area contributed by atoms with Gasteiger partial charge in [0.2, 0.25) is 5.91 Å². The third-order valence-corrected chi connectivity index (χ3v) is 5.31. The van der Waals surface area contributed by atoms with E-state index in [2.05, 4.69) is 4.98 Å². The number of rotatable bonds is 3. The van der Waals surface area contributed by atoms with Crippen molar-refractivity contribution < 1.29 is 13.2 Å². The second-order valence-electron chi connectivity index (χ2n) is 5.50. The molecule has 1 aliphatic heterocycles. The maximum absolute atomic E-state index is 12.7. The number of carbonyl (C=O) groups excluding carboxylic acids is 1. The Bertz CT molecular complexity index is 625. The monoisotopic (exact) mass is 315 g/mol. The van der Waals surface area contributed by atoms with Crippen molar-refractivity contribution in [3.8, 4) is 0 Å². The van der Waals surface area contributed by atoms with Gasteiger partial charge < -0.3 is 14.4 Å². The second kappa shape index (κ2) is 5.74. The van der Waals surface area contributed by atoms with Gasteiger partial charge in [0.25, 0.3) is 10.0 Å². The fraction of sp³-hybridized carbons (Fsp3) is 0.667. The first kappa shape index (κ1) is 15.9. The molecule has 2 heterocycles. The average Bonchev–Trinajstić information content (AvgIpc) is 2.84. The number of nitrogens with zero attached hydrogens (tertiary/aromatic N) is 5. The van der Waals surface area contributed by atoms with Crippen LogP contribution in [0.3, 0.4) is 0 Å². The van der Waals surface area contributed by atoms with Crippen LogP contribution in [0.2, 0.25) is 0 Å². The van der Waals surface area contributed by atoms with Crippen molar-refractivity contribution in [1.82, 2.24) is 23.7 Å². The van der Waals surface area contributed by atoms with Crippen LogP contribution < -0.4 is 0 Å². The van der Waals surface area contributed by atoms with E-state index in [-0.39, 0.29) is 17.5 Å². The highest BCUT2D eigenvalue weighted by molar-refractivity contribution is 7.89. The van der Waals surface area contributed by atoms with Gasteiger partial charge >= 0.3 is 0 Å². The van der Waals surface area contributed by atoms with E-state index in [9.17, 15) is 13.2 Å². The molecule has 1 atom stereocenters. The number of imidazole rings is 1. The van der Waals surface area contributed by atoms with Gasteiger partial charge in [0.15, 0.2) is 5.03 Å². The number of likely N-dealkylation sites (N-methyl/N-ethyl adjacent to an activating group) is 2. The number of aromatic nitrogens is 2. The highest BCUT2D eigenvalue weighted by atomic mass is 32.2. The lowest BCUT2D eigenvalue weighted by Crippen LogP contribution is -2.59. The van der Waals surface area contributed by atoms with Crippen LogP contribution in [0.1, 0.15) is 0 Å². The molecule has 0 bridgehead atoms. The molecule has 1 amide bonds. The molecule has 118 valence electrons. The molecule has 1 aliphatic rings. The molecule has 0 spiro atoms. The second-order valence-corrected chi connectivity index (χ2v) is 7.34. The van der Waals surface area contributed by atoms with E-state index in [1.807, 2.05) is 11.9 Å². The first-order valence-electron chi connectivity index (χ1n) is 6.63. The summed E-state index contributed by atoms with van der Waals surface area (Å²) in [5, 5.41) is -0.0221. The maximum atomic E-state index is 12.7. The molecule has 21 heavy (non-hydrogen) atoms. The molecule has 9 heteroatoms. The Morgan fingerprint density at radius 1 is 1.33 bits per heavy atom. The Hall–Kier alpha value is -1.45. The number of aryl methyl sites for hydroxylation is 1. The Balaban J connectivity index is 2.37. The van der Waals surface area contributed by atoms with Gasteiger partial charge in [-0.1, -0.05) is 0 Å². The SMILES string of the molecule is CN1CCN(S(=O)(=O)c2cn(C)cn2)C(C(=O)N(C)C)C1. The van der Waals surface area contributed by atoms with E-state index in [1.165, 1.54) is 21.7 Å². The summed E-state index contributed by atoms with van der Waals surface area (Å²) in [5.74, 6) is -0.221. The van der Waals surface area contributed by atoms with E-state index in [4.69, 9.17) is 0 Å². The van der Waals surface area contributed by atoms with Crippen LogP contribution in [0.4, 0.5) is 0 Å². The zero-order valence-electron chi connectivity index (χ0n) is 12.7. The molecular weight excluding hydrogens is 294 g/mol. The Morgan fingerprint density at radius 3 is 2.52 bits per heavy atom. The number of sulfonamides is 1. The smallest absolute Gasteiger partial charge is 0.262 e. The van der Waals surface area contributed by atoms with E-state index in [1.54, 1.807) is 25.7 Å². The summed E-state index contributed by atoms with van der Waals surface area (Å²) in [6.45, 7) is 1.24. The van der Waals surface area contributed by atoms with E-state index in [0.29, 0.717) is 13.1 Å². The summed E-state index contributed by atoms with van der Waals surface area (Å²) < 4.78 is 28.2. The molecule has 0 radical (unpaired) electrons. The summed E-state index contributed by atoms with van der Waals surface area (Å²) in [4.78, 5) is 19.6. The van der Waals surface area contributed by atoms with Gasteiger partial charge in [-0.25, -0.2) is 13.4 Å². The summed E-state index contributed by atoms with van der Waals surface area (Å²) in [7, 11) is 3.07. The summed E-state index contributed by atoms with van der Waals surface area (Å²) >= 11 is 0. The molecule has 1 fully saturated rings. The summed E-state index contributed by atoms with van der Waals surface area (Å²) in [5.41, 5.74) is 0. The molecule has 0 N–H and O–H groups in total. The van der Waals surface area contributed by atoms with Gasteiger partial charge in [0, 0.05) is 47.0 Å². The van der Waals surface area contributed by atoms with Crippen LogP contribution in [0.15, 0.2) is 17.6 Å². The lowest BCUT2D eigenvalue weighted by Gasteiger charge is -2.38. The molecule has 0 saturated carbocycles. The van der Waals surface area contributed by atoms with Gasteiger partial charge in [-0.2, -0.15) is 4.31 Å². The zero-order chi connectivity index (χ0) is 15.8. The minimum atomic E-state index is -3.77. The molecule has 0 aliphatic carbocycles. The highest BCUT2D eigenvalue weighted by Gasteiger charge is 2.40. The lowest BCUT2D eigenvalue weighted by molar-refractivity contribution is -0.134. The van der Waals surface area contributed by atoms with E-state index in [0.717, 1.165) is 0 Å². The molecule has 1 unspecified atom stereocenters. The predicted molar refractivity (Wildman–Crippen MR) is 77.1 cm³/mol. The van der Waals surface area contributed by atoms with Crippen LogP contribution in [0.5, 0.6) is 0 Å². The predicted octanol–water partition coefficient (Wildman–Crippen LogP) is -1.19. The maximum Gasteiger partial charge on any atom is 0.262 e. The largest absolute Gasteiger partial charge is 0.347 e.